The van der Waals surface area contributed by atoms with Crippen LogP contribution in [-0.2, 0) is 4.79 Å². The van der Waals surface area contributed by atoms with Gasteiger partial charge in [-0.2, -0.15) is 8.75 Å². The highest BCUT2D eigenvalue weighted by Gasteiger charge is 2.35. The number of hydrogen-bond acceptors (Lipinski definition) is 6. The monoisotopic (exact) mass is 245 g/mol. The van der Waals surface area contributed by atoms with Crippen LogP contribution < -0.4 is 0 Å². The van der Waals surface area contributed by atoms with Gasteiger partial charge in [-0.15, -0.1) is 11.8 Å². The molecule has 0 unspecified atom stereocenters. The zero-order chi connectivity index (χ0) is 10.8. The van der Waals surface area contributed by atoms with Crippen LogP contribution in [-0.4, -0.2) is 48.3 Å². The van der Waals surface area contributed by atoms with Crippen LogP contribution in [0, 0.1) is 0 Å². The topological polar surface area (TPSA) is 83.4 Å². The number of rotatable bonds is 2. The minimum Gasteiger partial charge on any atom is -0.480 e. The molecule has 80 valence electrons. The lowest BCUT2D eigenvalue weighted by Crippen LogP contribution is -2.41. The molecule has 0 aliphatic carbocycles. The predicted octanol–water partition coefficient (Wildman–Crippen LogP) is 0.138. The molecule has 0 bridgehead atoms. The molecule has 2 rings (SSSR count). The van der Waals surface area contributed by atoms with Gasteiger partial charge in [0.25, 0.3) is 5.91 Å². The van der Waals surface area contributed by atoms with Gasteiger partial charge >= 0.3 is 5.97 Å². The number of carbonyl (C=O) groups is 2. The van der Waals surface area contributed by atoms with Crippen molar-refractivity contribution in [2.75, 3.05) is 11.6 Å². The third kappa shape index (κ3) is 1.95. The SMILES string of the molecule is O=C(O)[C@@H]1CSCN1C(=O)c1cnsn1. The summed E-state index contributed by atoms with van der Waals surface area (Å²) >= 11 is 2.36. The molecule has 0 radical (unpaired) electrons. The number of nitrogens with zero attached hydrogens (tertiary/aromatic N) is 3. The number of hydrogen-bond donors (Lipinski definition) is 1. The molecule has 0 spiro atoms. The smallest absolute Gasteiger partial charge is 0.327 e. The van der Waals surface area contributed by atoms with Crippen LogP contribution in [0.3, 0.4) is 0 Å². The second kappa shape index (κ2) is 4.15. The van der Waals surface area contributed by atoms with Gasteiger partial charge < -0.3 is 10.0 Å². The van der Waals surface area contributed by atoms with Crippen LogP contribution >= 0.6 is 23.5 Å². The van der Waals surface area contributed by atoms with Crippen LogP contribution in [0.4, 0.5) is 0 Å². The molecular formula is C7H7N3O3S2. The molecule has 1 N–H and O–H groups in total. The molecular weight excluding hydrogens is 238 g/mol. The van der Waals surface area contributed by atoms with Crippen LogP contribution in [0.25, 0.3) is 0 Å². The molecule has 0 saturated carbocycles. The van der Waals surface area contributed by atoms with Crippen molar-refractivity contribution in [1.29, 1.82) is 0 Å². The lowest BCUT2D eigenvalue weighted by atomic mass is 10.3. The van der Waals surface area contributed by atoms with E-state index in [-0.39, 0.29) is 11.6 Å². The number of carbonyl (C=O) groups excluding carboxylic acids is 1. The molecule has 1 aromatic rings. The maximum Gasteiger partial charge on any atom is 0.327 e. The van der Waals surface area contributed by atoms with E-state index in [0.29, 0.717) is 11.6 Å². The summed E-state index contributed by atoms with van der Waals surface area (Å²) in [7, 11) is 0. The van der Waals surface area contributed by atoms with Gasteiger partial charge in [0.15, 0.2) is 5.69 Å². The van der Waals surface area contributed by atoms with E-state index in [1.54, 1.807) is 0 Å². The highest BCUT2D eigenvalue weighted by Crippen LogP contribution is 2.22. The Bertz CT molecular complexity index is 381. The van der Waals surface area contributed by atoms with Crippen molar-refractivity contribution in [3.63, 3.8) is 0 Å². The minimum atomic E-state index is -0.975. The van der Waals surface area contributed by atoms with Gasteiger partial charge in [0.2, 0.25) is 0 Å². The Morgan fingerprint density at radius 1 is 1.60 bits per heavy atom. The molecule has 1 atom stereocenters. The first-order chi connectivity index (χ1) is 7.20. The summed E-state index contributed by atoms with van der Waals surface area (Å²) in [4.78, 5) is 23.9. The Labute approximate surface area is 93.6 Å². The average molecular weight is 245 g/mol. The quantitative estimate of drug-likeness (QED) is 0.797. The highest BCUT2D eigenvalue weighted by atomic mass is 32.2. The summed E-state index contributed by atoms with van der Waals surface area (Å²) in [6.07, 6.45) is 1.36. The summed E-state index contributed by atoms with van der Waals surface area (Å²) in [6.45, 7) is 0. The predicted molar refractivity (Wildman–Crippen MR) is 54.8 cm³/mol. The van der Waals surface area contributed by atoms with E-state index in [1.165, 1.54) is 22.9 Å². The van der Waals surface area contributed by atoms with Gasteiger partial charge in [-0.25, -0.2) is 4.79 Å². The second-order valence-electron chi connectivity index (χ2n) is 2.92. The number of carboxylic acid groups (broad SMARTS) is 1. The molecule has 1 aliphatic heterocycles. The van der Waals surface area contributed by atoms with E-state index in [0.717, 1.165) is 11.7 Å². The number of carboxylic acids is 1. The lowest BCUT2D eigenvalue weighted by molar-refractivity contribution is -0.140. The summed E-state index contributed by atoms with van der Waals surface area (Å²) < 4.78 is 7.51. The van der Waals surface area contributed by atoms with Gasteiger partial charge in [-0.05, 0) is 0 Å². The van der Waals surface area contributed by atoms with E-state index in [9.17, 15) is 9.59 Å². The van der Waals surface area contributed by atoms with Crippen molar-refractivity contribution < 1.29 is 14.7 Å². The fraction of sp³-hybridized carbons (Fsp3) is 0.429. The van der Waals surface area contributed by atoms with Gasteiger partial charge in [0, 0.05) is 5.75 Å². The van der Waals surface area contributed by atoms with Crippen molar-refractivity contribution >= 4 is 35.4 Å². The van der Waals surface area contributed by atoms with Crippen LogP contribution in [0.1, 0.15) is 10.5 Å². The third-order valence-corrected chi connectivity index (χ3v) is 3.50. The molecule has 1 aromatic heterocycles. The van der Waals surface area contributed by atoms with Crippen molar-refractivity contribution in [3.8, 4) is 0 Å². The van der Waals surface area contributed by atoms with Crippen molar-refractivity contribution in [3.05, 3.63) is 11.9 Å². The highest BCUT2D eigenvalue weighted by molar-refractivity contribution is 7.99. The number of thioether (sulfide) groups is 1. The summed E-state index contributed by atoms with van der Waals surface area (Å²) in [6, 6.07) is -0.746. The first-order valence-electron chi connectivity index (χ1n) is 4.09. The fourth-order valence-corrected chi connectivity index (χ4v) is 2.81. The number of amides is 1. The van der Waals surface area contributed by atoms with Crippen LogP contribution in [0.2, 0.25) is 0 Å². The van der Waals surface area contributed by atoms with Crippen LogP contribution in [0.15, 0.2) is 6.20 Å². The first-order valence-corrected chi connectivity index (χ1v) is 5.97. The maximum atomic E-state index is 11.8. The van der Waals surface area contributed by atoms with Gasteiger partial charge in [0.05, 0.1) is 23.8 Å². The van der Waals surface area contributed by atoms with Crippen molar-refractivity contribution in [2.24, 2.45) is 0 Å². The summed E-state index contributed by atoms with van der Waals surface area (Å²) in [5.41, 5.74) is 0.216. The Morgan fingerprint density at radius 2 is 2.40 bits per heavy atom. The molecule has 6 nitrogen and oxygen atoms in total. The van der Waals surface area contributed by atoms with Gasteiger partial charge in [0.1, 0.15) is 6.04 Å². The van der Waals surface area contributed by atoms with E-state index in [2.05, 4.69) is 8.75 Å². The zero-order valence-electron chi connectivity index (χ0n) is 7.49. The minimum absolute atomic E-state index is 0.216. The van der Waals surface area contributed by atoms with E-state index < -0.39 is 12.0 Å². The Morgan fingerprint density at radius 3 is 3.00 bits per heavy atom. The molecule has 1 saturated heterocycles. The molecule has 1 aliphatic rings. The largest absolute Gasteiger partial charge is 0.480 e. The standard InChI is InChI=1S/C7H7N3O3S2/c11-6(4-1-8-15-9-4)10-3-14-2-5(10)7(12)13/h1,5H,2-3H2,(H,12,13)/t5-/m0/s1. The normalized spacial score (nSPS) is 20.5. The van der Waals surface area contributed by atoms with Crippen molar-refractivity contribution in [1.82, 2.24) is 13.6 Å². The van der Waals surface area contributed by atoms with E-state index >= 15 is 0 Å². The zero-order valence-corrected chi connectivity index (χ0v) is 9.12. The fourth-order valence-electron chi connectivity index (χ4n) is 1.25. The third-order valence-electron chi connectivity index (χ3n) is 2.01. The van der Waals surface area contributed by atoms with Gasteiger partial charge in [-0.1, -0.05) is 0 Å². The molecule has 8 heteroatoms. The molecule has 1 amide bonds. The molecule has 1 fully saturated rings. The Balaban J connectivity index is 2.17. The van der Waals surface area contributed by atoms with E-state index in [4.69, 9.17) is 5.11 Å². The summed E-state index contributed by atoms with van der Waals surface area (Å²) in [5, 5.41) is 8.89. The first kappa shape index (κ1) is 10.4. The van der Waals surface area contributed by atoms with E-state index in [1.807, 2.05) is 0 Å². The van der Waals surface area contributed by atoms with Crippen LogP contribution in [0.5, 0.6) is 0 Å². The molecule has 2 heterocycles. The Hall–Kier alpha value is -1.15. The average Bonchev–Trinajstić information content (AvgIpc) is 2.88. The Kier molecular flexibility index (Phi) is 2.87. The van der Waals surface area contributed by atoms with Gasteiger partial charge in [-0.3, -0.25) is 4.79 Å². The molecule has 0 aromatic carbocycles. The molecule has 15 heavy (non-hydrogen) atoms. The second-order valence-corrected chi connectivity index (χ2v) is 4.48. The summed E-state index contributed by atoms with van der Waals surface area (Å²) in [5.74, 6) is -0.510. The van der Waals surface area contributed by atoms with Crippen molar-refractivity contribution in [2.45, 2.75) is 6.04 Å². The lowest BCUT2D eigenvalue weighted by Gasteiger charge is -2.18. The number of aromatic nitrogens is 2. The maximum absolute atomic E-state index is 11.8. The number of aliphatic carboxylic acids is 1.